The lowest BCUT2D eigenvalue weighted by Crippen LogP contribution is -2.13. The zero-order chi connectivity index (χ0) is 26.7. The molecule has 0 bridgehead atoms. The number of nitrogens with zero attached hydrogens (tertiary/aromatic N) is 3. The molecule has 37 heavy (non-hydrogen) atoms. The van der Waals surface area contributed by atoms with Crippen LogP contribution in [0.5, 0.6) is 11.5 Å². The highest BCUT2D eigenvalue weighted by Gasteiger charge is 2.26. The minimum atomic E-state index is -0.669. The Morgan fingerprint density at radius 3 is 1.95 bits per heavy atom. The zero-order valence-electron chi connectivity index (χ0n) is 21.0. The van der Waals surface area contributed by atoms with Crippen molar-refractivity contribution >= 4 is 28.4 Å². The van der Waals surface area contributed by atoms with Crippen LogP contribution in [0.2, 0.25) is 0 Å². The summed E-state index contributed by atoms with van der Waals surface area (Å²) in [6.07, 6.45) is 0. The average Bonchev–Trinajstić information content (AvgIpc) is 2.86. The van der Waals surface area contributed by atoms with E-state index in [2.05, 4.69) is 32.9 Å². The lowest BCUT2D eigenvalue weighted by Gasteiger charge is -2.28. The van der Waals surface area contributed by atoms with Crippen LogP contribution in [0.4, 0.5) is 28.4 Å². The van der Waals surface area contributed by atoms with E-state index in [1.54, 1.807) is 19.1 Å². The molecule has 4 aromatic carbocycles. The molecule has 0 amide bonds. The number of nitro groups is 2. The Balaban J connectivity index is 1.86. The number of hydrogen-bond donors (Lipinski definition) is 0. The van der Waals surface area contributed by atoms with E-state index < -0.39 is 15.5 Å². The molecule has 0 aliphatic heterocycles. The van der Waals surface area contributed by atoms with Crippen LogP contribution >= 0.6 is 0 Å². The van der Waals surface area contributed by atoms with Gasteiger partial charge in [-0.05, 0) is 54.3 Å². The predicted molar refractivity (Wildman–Crippen MR) is 144 cm³/mol. The van der Waals surface area contributed by atoms with E-state index in [0.717, 1.165) is 17.4 Å². The summed E-state index contributed by atoms with van der Waals surface area (Å²) in [7, 11) is 0. The normalized spacial score (nSPS) is 11.1. The van der Waals surface area contributed by atoms with Crippen LogP contribution in [-0.2, 0) is 5.41 Å². The molecule has 8 nitrogen and oxygen atoms in total. The molecule has 4 rings (SSSR count). The SMILES string of the molecule is Cc1cc([N+](=O)[O-])cc([N+](=O)[O-])c1Oc1ccccc1N(c1ccccc1)c1ccc(C(C)(C)C)cc1. The third kappa shape index (κ3) is 5.43. The van der Waals surface area contributed by atoms with Crippen molar-refractivity contribution in [3.05, 3.63) is 122 Å². The van der Waals surface area contributed by atoms with Crippen LogP contribution in [0.1, 0.15) is 31.9 Å². The first kappa shape index (κ1) is 25.4. The van der Waals surface area contributed by atoms with Crippen molar-refractivity contribution in [1.29, 1.82) is 0 Å². The Labute approximate surface area is 215 Å². The maximum atomic E-state index is 11.8. The second-order valence-electron chi connectivity index (χ2n) is 9.66. The highest BCUT2D eigenvalue weighted by Crippen LogP contribution is 2.45. The molecule has 0 saturated heterocycles. The van der Waals surface area contributed by atoms with E-state index in [1.165, 1.54) is 11.6 Å². The minimum Gasteiger partial charge on any atom is -0.448 e. The molecule has 0 aliphatic rings. The molecule has 4 aromatic rings. The highest BCUT2D eigenvalue weighted by atomic mass is 16.6. The highest BCUT2D eigenvalue weighted by molar-refractivity contribution is 5.80. The Morgan fingerprint density at radius 1 is 0.757 bits per heavy atom. The first-order valence-corrected chi connectivity index (χ1v) is 11.7. The quantitative estimate of drug-likeness (QED) is 0.188. The molecule has 0 aromatic heterocycles. The summed E-state index contributed by atoms with van der Waals surface area (Å²) >= 11 is 0. The summed E-state index contributed by atoms with van der Waals surface area (Å²) in [6.45, 7) is 8.01. The lowest BCUT2D eigenvalue weighted by atomic mass is 9.87. The Kier molecular flexibility index (Phi) is 6.93. The Hall–Kier alpha value is -4.72. The monoisotopic (exact) mass is 497 g/mol. The van der Waals surface area contributed by atoms with Gasteiger partial charge in [-0.25, -0.2) is 0 Å². The van der Waals surface area contributed by atoms with Crippen LogP contribution in [-0.4, -0.2) is 9.85 Å². The fraction of sp³-hybridized carbons (Fsp3) is 0.172. The second kappa shape index (κ2) is 10.1. The second-order valence-corrected chi connectivity index (χ2v) is 9.66. The molecule has 0 N–H and O–H groups in total. The van der Waals surface area contributed by atoms with Crippen LogP contribution in [0, 0.1) is 27.2 Å². The van der Waals surface area contributed by atoms with Gasteiger partial charge in [-0.15, -0.1) is 0 Å². The van der Waals surface area contributed by atoms with E-state index in [9.17, 15) is 20.2 Å². The number of para-hydroxylation sites is 3. The van der Waals surface area contributed by atoms with Gasteiger partial charge in [-0.1, -0.05) is 63.2 Å². The average molecular weight is 498 g/mol. The number of aryl methyl sites for hydroxylation is 1. The van der Waals surface area contributed by atoms with Gasteiger partial charge in [0.05, 0.1) is 21.6 Å². The molecule has 0 saturated carbocycles. The van der Waals surface area contributed by atoms with E-state index in [0.29, 0.717) is 11.4 Å². The van der Waals surface area contributed by atoms with Gasteiger partial charge in [-0.3, -0.25) is 20.2 Å². The van der Waals surface area contributed by atoms with Crippen molar-refractivity contribution in [2.45, 2.75) is 33.1 Å². The minimum absolute atomic E-state index is 0.0104. The number of anilines is 3. The molecule has 0 fully saturated rings. The third-order valence-electron chi connectivity index (χ3n) is 5.97. The Bertz CT molecular complexity index is 1450. The number of rotatable bonds is 7. The largest absolute Gasteiger partial charge is 0.448 e. The van der Waals surface area contributed by atoms with Gasteiger partial charge in [-0.2, -0.15) is 0 Å². The van der Waals surface area contributed by atoms with Gasteiger partial charge in [0.25, 0.3) is 5.69 Å². The summed E-state index contributed by atoms with van der Waals surface area (Å²) in [4.78, 5) is 23.8. The molecular formula is C29H27N3O5. The molecule has 0 heterocycles. The summed E-state index contributed by atoms with van der Waals surface area (Å²) in [5.41, 5.74) is 3.04. The fourth-order valence-electron chi connectivity index (χ4n) is 4.06. The van der Waals surface area contributed by atoms with Gasteiger partial charge >= 0.3 is 5.69 Å². The third-order valence-corrected chi connectivity index (χ3v) is 5.97. The maximum Gasteiger partial charge on any atom is 0.318 e. The lowest BCUT2D eigenvalue weighted by molar-refractivity contribution is -0.394. The molecule has 0 radical (unpaired) electrons. The van der Waals surface area contributed by atoms with Gasteiger partial charge in [0, 0.05) is 23.0 Å². The van der Waals surface area contributed by atoms with Crippen LogP contribution in [0.15, 0.2) is 91.0 Å². The van der Waals surface area contributed by atoms with Crippen molar-refractivity contribution < 1.29 is 14.6 Å². The molecule has 0 atom stereocenters. The molecule has 0 unspecified atom stereocenters. The van der Waals surface area contributed by atoms with Crippen LogP contribution in [0.3, 0.4) is 0 Å². The number of ether oxygens (including phenoxy) is 1. The van der Waals surface area contributed by atoms with Crippen molar-refractivity contribution in [3.63, 3.8) is 0 Å². The molecule has 8 heteroatoms. The molecular weight excluding hydrogens is 470 g/mol. The standard InChI is InChI=1S/C29H27N3O5/c1-20-18-24(31(33)34)19-26(32(35)36)28(20)37-27-13-9-8-12-25(27)30(22-10-6-5-7-11-22)23-16-14-21(15-17-23)29(2,3)4/h5-19H,1-4H3. The number of nitro benzene ring substituents is 2. The predicted octanol–water partition coefficient (Wildman–Crippen LogP) is 8.37. The summed E-state index contributed by atoms with van der Waals surface area (Å²) < 4.78 is 6.16. The van der Waals surface area contributed by atoms with E-state index in [4.69, 9.17) is 4.74 Å². The number of hydrogen-bond acceptors (Lipinski definition) is 6. The van der Waals surface area contributed by atoms with Crippen molar-refractivity contribution in [2.24, 2.45) is 0 Å². The smallest absolute Gasteiger partial charge is 0.318 e. The molecule has 0 aliphatic carbocycles. The first-order chi connectivity index (χ1) is 17.6. The molecule has 188 valence electrons. The van der Waals surface area contributed by atoms with Crippen molar-refractivity contribution in [1.82, 2.24) is 0 Å². The number of benzene rings is 4. The van der Waals surface area contributed by atoms with Crippen molar-refractivity contribution in [3.8, 4) is 11.5 Å². The van der Waals surface area contributed by atoms with Gasteiger partial charge in [0.15, 0.2) is 5.75 Å². The maximum absolute atomic E-state index is 11.8. The number of non-ortho nitro benzene ring substituents is 1. The van der Waals surface area contributed by atoms with E-state index in [1.807, 2.05) is 59.5 Å². The fourth-order valence-corrected chi connectivity index (χ4v) is 4.06. The molecule has 0 spiro atoms. The Morgan fingerprint density at radius 2 is 1.35 bits per heavy atom. The van der Waals surface area contributed by atoms with Gasteiger partial charge in [0.1, 0.15) is 0 Å². The van der Waals surface area contributed by atoms with Crippen molar-refractivity contribution in [2.75, 3.05) is 4.90 Å². The van der Waals surface area contributed by atoms with Gasteiger partial charge < -0.3 is 9.64 Å². The van der Waals surface area contributed by atoms with Gasteiger partial charge in [0.2, 0.25) is 5.75 Å². The summed E-state index contributed by atoms with van der Waals surface area (Å²) in [5, 5.41) is 23.1. The van der Waals surface area contributed by atoms with Crippen LogP contribution < -0.4 is 9.64 Å². The van der Waals surface area contributed by atoms with E-state index >= 15 is 0 Å². The van der Waals surface area contributed by atoms with E-state index in [-0.39, 0.29) is 22.4 Å². The first-order valence-electron chi connectivity index (χ1n) is 11.7. The van der Waals surface area contributed by atoms with Crippen LogP contribution in [0.25, 0.3) is 0 Å². The zero-order valence-corrected chi connectivity index (χ0v) is 21.0. The topological polar surface area (TPSA) is 98.8 Å². The summed E-state index contributed by atoms with van der Waals surface area (Å²) in [6, 6.07) is 27.4. The summed E-state index contributed by atoms with van der Waals surface area (Å²) in [5.74, 6) is 0.324.